The van der Waals surface area contributed by atoms with Crippen LogP contribution in [0, 0.1) is 0 Å². The fourth-order valence-corrected chi connectivity index (χ4v) is 2.59. The molecule has 0 N–H and O–H groups in total. The highest BCUT2D eigenvalue weighted by atomic mass is 79.9. The largest absolute Gasteiger partial charge is 0.488 e. The van der Waals surface area contributed by atoms with Crippen molar-refractivity contribution in [1.29, 1.82) is 0 Å². The molecule has 23 heavy (non-hydrogen) atoms. The first-order valence-corrected chi connectivity index (χ1v) is 8.12. The number of benzene rings is 2. The van der Waals surface area contributed by atoms with Crippen LogP contribution in [0.4, 0.5) is 0 Å². The van der Waals surface area contributed by atoms with Gasteiger partial charge in [0.25, 0.3) is 0 Å². The van der Waals surface area contributed by atoms with Gasteiger partial charge in [-0.25, -0.2) is 0 Å². The van der Waals surface area contributed by atoms with E-state index in [1.165, 1.54) is 0 Å². The van der Waals surface area contributed by atoms with Gasteiger partial charge in [-0.1, -0.05) is 41.9 Å². The molecule has 0 aromatic heterocycles. The first-order valence-electron chi connectivity index (χ1n) is 6.95. The van der Waals surface area contributed by atoms with Crippen LogP contribution in [0.5, 0.6) is 5.75 Å². The standard InChI is InChI=1S/C18H16BrClO3/c1-22-12-16(17(19)10-21)15-9-14(20)7-8-18(15)23-11-13-5-3-2-4-6-13/h2-10H,11-12H2,1H3/b17-16-. The van der Waals surface area contributed by atoms with E-state index in [1.54, 1.807) is 25.3 Å². The summed E-state index contributed by atoms with van der Waals surface area (Å²) in [7, 11) is 1.57. The van der Waals surface area contributed by atoms with Crippen LogP contribution in [0.2, 0.25) is 5.02 Å². The van der Waals surface area contributed by atoms with Crippen LogP contribution in [-0.4, -0.2) is 20.0 Å². The van der Waals surface area contributed by atoms with Crippen molar-refractivity contribution in [3.8, 4) is 5.75 Å². The van der Waals surface area contributed by atoms with Crippen molar-refractivity contribution in [1.82, 2.24) is 0 Å². The zero-order chi connectivity index (χ0) is 16.7. The lowest BCUT2D eigenvalue weighted by Crippen LogP contribution is -2.02. The number of ether oxygens (including phenoxy) is 2. The molecule has 0 aliphatic carbocycles. The van der Waals surface area contributed by atoms with Crippen LogP contribution in [0.3, 0.4) is 0 Å². The van der Waals surface area contributed by atoms with Gasteiger partial charge in [-0.3, -0.25) is 4.79 Å². The molecule has 0 saturated carbocycles. The Morgan fingerprint density at radius 1 is 1.22 bits per heavy atom. The van der Waals surface area contributed by atoms with Crippen molar-refractivity contribution in [3.05, 3.63) is 69.2 Å². The Morgan fingerprint density at radius 3 is 2.61 bits per heavy atom. The molecule has 120 valence electrons. The minimum atomic E-state index is 0.265. The molecule has 2 aromatic rings. The molecule has 0 radical (unpaired) electrons. The number of hydrogen-bond acceptors (Lipinski definition) is 3. The lowest BCUT2D eigenvalue weighted by atomic mass is 10.1. The average molecular weight is 396 g/mol. The normalized spacial score (nSPS) is 11.8. The van der Waals surface area contributed by atoms with Crippen molar-refractivity contribution in [2.24, 2.45) is 0 Å². The van der Waals surface area contributed by atoms with Crippen molar-refractivity contribution < 1.29 is 14.3 Å². The first kappa shape index (κ1) is 17.7. The van der Waals surface area contributed by atoms with Gasteiger partial charge in [-0.15, -0.1) is 0 Å². The maximum absolute atomic E-state index is 11.1. The topological polar surface area (TPSA) is 35.5 Å². The van der Waals surface area contributed by atoms with Crippen LogP contribution < -0.4 is 4.74 Å². The summed E-state index contributed by atoms with van der Waals surface area (Å²) in [6.07, 6.45) is 0.732. The van der Waals surface area contributed by atoms with Gasteiger partial charge in [-0.05, 0) is 39.7 Å². The van der Waals surface area contributed by atoms with Crippen molar-refractivity contribution in [2.75, 3.05) is 13.7 Å². The Morgan fingerprint density at radius 2 is 1.96 bits per heavy atom. The summed E-state index contributed by atoms with van der Waals surface area (Å²) in [4.78, 5) is 11.1. The quantitative estimate of drug-likeness (QED) is 0.495. The molecule has 2 rings (SSSR count). The van der Waals surface area contributed by atoms with Gasteiger partial charge in [0.15, 0.2) is 6.29 Å². The summed E-state index contributed by atoms with van der Waals surface area (Å²) >= 11 is 9.37. The molecule has 5 heteroatoms. The smallest absolute Gasteiger partial charge is 0.157 e. The molecule has 3 nitrogen and oxygen atoms in total. The highest BCUT2D eigenvalue weighted by molar-refractivity contribution is 9.12. The second kappa shape index (κ2) is 8.87. The molecule has 0 unspecified atom stereocenters. The molecule has 0 saturated heterocycles. The number of carbonyl (C=O) groups is 1. The molecular formula is C18H16BrClO3. The molecule has 0 aliphatic heterocycles. The van der Waals surface area contributed by atoms with Gasteiger partial charge in [0.05, 0.1) is 11.1 Å². The maximum Gasteiger partial charge on any atom is 0.157 e. The third-order valence-corrected chi connectivity index (χ3v) is 4.08. The number of aldehydes is 1. The summed E-state index contributed by atoms with van der Waals surface area (Å²) in [5.74, 6) is 0.643. The molecule has 2 aromatic carbocycles. The lowest BCUT2D eigenvalue weighted by molar-refractivity contribution is -0.104. The third-order valence-electron chi connectivity index (χ3n) is 3.18. The van der Waals surface area contributed by atoms with Crippen molar-refractivity contribution in [2.45, 2.75) is 6.61 Å². The second-order valence-corrected chi connectivity index (χ2v) is 6.08. The van der Waals surface area contributed by atoms with E-state index in [0.29, 0.717) is 27.4 Å². The fraction of sp³-hybridized carbons (Fsp3) is 0.167. The summed E-state index contributed by atoms with van der Waals surface area (Å²) in [6.45, 7) is 0.690. The van der Waals surface area contributed by atoms with E-state index < -0.39 is 0 Å². The number of carbonyl (C=O) groups excluding carboxylic acids is 1. The van der Waals surface area contributed by atoms with Crippen LogP contribution in [0.1, 0.15) is 11.1 Å². The number of methoxy groups -OCH3 is 1. The minimum Gasteiger partial charge on any atom is -0.488 e. The summed E-state index contributed by atoms with van der Waals surface area (Å²) in [5, 5.41) is 0.562. The van der Waals surface area contributed by atoms with E-state index in [1.807, 2.05) is 30.3 Å². The van der Waals surface area contributed by atoms with Crippen molar-refractivity contribution >= 4 is 39.4 Å². The van der Waals surface area contributed by atoms with Crippen molar-refractivity contribution in [3.63, 3.8) is 0 Å². The average Bonchev–Trinajstić information content (AvgIpc) is 2.59. The number of allylic oxidation sites excluding steroid dienone is 1. The maximum atomic E-state index is 11.1. The Kier molecular flexibility index (Phi) is 6.84. The summed E-state index contributed by atoms with van der Waals surface area (Å²) < 4.78 is 11.5. The highest BCUT2D eigenvalue weighted by Gasteiger charge is 2.14. The van der Waals surface area contributed by atoms with Gasteiger partial charge in [0.2, 0.25) is 0 Å². The zero-order valence-corrected chi connectivity index (χ0v) is 14.9. The molecule has 0 heterocycles. The Bertz CT molecular complexity index is 699. The monoisotopic (exact) mass is 394 g/mol. The van der Waals surface area contributed by atoms with E-state index in [0.717, 1.165) is 17.4 Å². The summed E-state index contributed by atoms with van der Waals surface area (Å²) in [5.41, 5.74) is 2.47. The number of rotatable bonds is 7. The minimum absolute atomic E-state index is 0.265. The first-order chi connectivity index (χ1) is 11.2. The van der Waals surface area contributed by atoms with E-state index >= 15 is 0 Å². The van der Waals surface area contributed by atoms with Gasteiger partial charge in [0, 0.05) is 23.3 Å². The molecule has 0 atom stereocenters. The predicted molar refractivity (Wildman–Crippen MR) is 96.0 cm³/mol. The molecule has 0 spiro atoms. The van der Waals surface area contributed by atoms with Gasteiger partial charge < -0.3 is 9.47 Å². The van der Waals surface area contributed by atoms with Crippen LogP contribution in [0.25, 0.3) is 5.57 Å². The Hall–Kier alpha value is -1.62. The predicted octanol–water partition coefficient (Wildman–Crippen LogP) is 4.87. The molecule has 0 bridgehead atoms. The van der Waals surface area contributed by atoms with E-state index in [4.69, 9.17) is 21.1 Å². The second-order valence-electron chi connectivity index (χ2n) is 4.79. The van der Waals surface area contributed by atoms with Gasteiger partial charge in [0.1, 0.15) is 12.4 Å². The molecular weight excluding hydrogens is 380 g/mol. The number of halogens is 2. The SMILES string of the molecule is COC/C(=C(/Br)C=O)c1cc(Cl)ccc1OCc1ccccc1. The molecule has 0 fully saturated rings. The van der Waals surface area contributed by atoms with E-state index in [-0.39, 0.29) is 6.61 Å². The summed E-state index contributed by atoms with van der Waals surface area (Å²) in [6, 6.07) is 15.2. The third kappa shape index (κ3) is 4.93. The van der Waals surface area contributed by atoms with E-state index in [9.17, 15) is 4.79 Å². The van der Waals surface area contributed by atoms with Gasteiger partial charge >= 0.3 is 0 Å². The molecule has 0 amide bonds. The van der Waals surface area contributed by atoms with Gasteiger partial charge in [-0.2, -0.15) is 0 Å². The molecule has 0 aliphatic rings. The number of hydrogen-bond donors (Lipinski definition) is 0. The van der Waals surface area contributed by atoms with E-state index in [2.05, 4.69) is 15.9 Å². The van der Waals surface area contributed by atoms with Crippen LogP contribution in [-0.2, 0) is 16.1 Å². The lowest BCUT2D eigenvalue weighted by Gasteiger charge is -2.15. The Labute approximate surface area is 149 Å². The van der Waals surface area contributed by atoms with Crippen LogP contribution >= 0.6 is 27.5 Å². The highest BCUT2D eigenvalue weighted by Crippen LogP contribution is 2.33. The zero-order valence-electron chi connectivity index (χ0n) is 12.6. The Balaban J connectivity index is 2.35. The fourth-order valence-electron chi connectivity index (χ4n) is 2.09. The van der Waals surface area contributed by atoms with Crippen LogP contribution in [0.15, 0.2) is 53.0 Å².